The topological polar surface area (TPSA) is 120 Å². The molecule has 0 saturated carbocycles. The zero-order valence-corrected chi connectivity index (χ0v) is 14.7. The van der Waals surface area contributed by atoms with E-state index in [-0.39, 0.29) is 17.2 Å². The summed E-state index contributed by atoms with van der Waals surface area (Å²) >= 11 is 0. The lowest BCUT2D eigenvalue weighted by Gasteiger charge is -2.15. The van der Waals surface area contributed by atoms with E-state index in [1.54, 1.807) is 13.0 Å². The highest BCUT2D eigenvalue weighted by Gasteiger charge is 2.22. The number of carbonyl (C=O) groups is 1. The molecule has 1 aromatic heterocycles. The van der Waals surface area contributed by atoms with Crippen LogP contribution >= 0.6 is 0 Å². The number of pyridine rings is 1. The molecule has 134 valence electrons. The molecule has 1 heterocycles. The van der Waals surface area contributed by atoms with Crippen LogP contribution in [0.25, 0.3) is 0 Å². The van der Waals surface area contributed by atoms with Gasteiger partial charge < -0.3 is 15.7 Å². The molecule has 0 aliphatic rings. The van der Waals surface area contributed by atoms with Gasteiger partial charge in [-0.1, -0.05) is 12.1 Å². The standard InChI is InChI=1S/C16H20N4O4S/c1-11-4-3-5-13(8-11)19-14-6-7-17-9-15(14)25(23,24)20-16(22)18-12(2)10-21/h3-9,12,21H,10H2,1-2H3,(H,17,19)(H2,18,20,22). The number of aryl methyl sites for hydroxylation is 1. The van der Waals surface area contributed by atoms with Crippen molar-refractivity contribution in [2.24, 2.45) is 0 Å². The first-order valence-electron chi connectivity index (χ1n) is 7.53. The lowest BCUT2D eigenvalue weighted by molar-refractivity contribution is 0.224. The monoisotopic (exact) mass is 364 g/mol. The molecule has 9 heteroatoms. The highest BCUT2D eigenvalue weighted by Crippen LogP contribution is 2.24. The molecule has 8 nitrogen and oxygen atoms in total. The first kappa shape index (κ1) is 18.7. The molecule has 0 radical (unpaired) electrons. The van der Waals surface area contributed by atoms with Crippen LogP contribution in [0.1, 0.15) is 12.5 Å². The minimum absolute atomic E-state index is 0.164. The fraction of sp³-hybridized carbons (Fsp3) is 0.250. The number of rotatable bonds is 6. The summed E-state index contributed by atoms with van der Waals surface area (Å²) in [6.45, 7) is 3.16. The number of nitrogens with zero attached hydrogens (tertiary/aromatic N) is 1. The molecule has 2 rings (SSSR count). The molecular formula is C16H20N4O4S. The Morgan fingerprint density at radius 3 is 2.76 bits per heavy atom. The van der Waals surface area contributed by atoms with Crippen LogP contribution in [0, 0.1) is 6.92 Å². The summed E-state index contributed by atoms with van der Waals surface area (Å²) < 4.78 is 26.9. The predicted molar refractivity (Wildman–Crippen MR) is 94.1 cm³/mol. The molecule has 0 saturated heterocycles. The third kappa shape index (κ3) is 5.16. The van der Waals surface area contributed by atoms with E-state index < -0.39 is 22.1 Å². The molecule has 0 aliphatic heterocycles. The third-order valence-electron chi connectivity index (χ3n) is 3.25. The smallest absolute Gasteiger partial charge is 0.328 e. The largest absolute Gasteiger partial charge is 0.394 e. The van der Waals surface area contributed by atoms with Gasteiger partial charge >= 0.3 is 6.03 Å². The Bertz CT molecular complexity index is 855. The lowest BCUT2D eigenvalue weighted by atomic mass is 10.2. The van der Waals surface area contributed by atoms with Crippen molar-refractivity contribution in [1.29, 1.82) is 0 Å². The number of hydrogen-bond acceptors (Lipinski definition) is 6. The second kappa shape index (κ2) is 7.95. The van der Waals surface area contributed by atoms with Gasteiger partial charge in [-0.25, -0.2) is 17.9 Å². The van der Waals surface area contributed by atoms with Crippen molar-refractivity contribution in [3.05, 3.63) is 48.3 Å². The van der Waals surface area contributed by atoms with Crippen LogP contribution in [0.5, 0.6) is 0 Å². The Morgan fingerprint density at radius 2 is 2.08 bits per heavy atom. The SMILES string of the molecule is Cc1cccc(Nc2ccncc2S(=O)(=O)NC(=O)NC(C)CO)c1. The van der Waals surface area contributed by atoms with Crippen LogP contribution in [0.2, 0.25) is 0 Å². The molecule has 1 atom stereocenters. The molecule has 1 aromatic carbocycles. The van der Waals surface area contributed by atoms with E-state index in [0.29, 0.717) is 5.69 Å². The van der Waals surface area contributed by atoms with Gasteiger partial charge in [0.25, 0.3) is 10.0 Å². The summed E-state index contributed by atoms with van der Waals surface area (Å²) in [5.74, 6) is 0. The van der Waals surface area contributed by atoms with Gasteiger partial charge in [-0.05, 0) is 37.6 Å². The molecular weight excluding hydrogens is 344 g/mol. The molecule has 25 heavy (non-hydrogen) atoms. The van der Waals surface area contributed by atoms with Crippen molar-refractivity contribution in [3.63, 3.8) is 0 Å². The Hall–Kier alpha value is -2.65. The van der Waals surface area contributed by atoms with Gasteiger partial charge in [0, 0.05) is 18.1 Å². The number of aromatic nitrogens is 1. The second-order valence-corrected chi connectivity index (χ2v) is 7.18. The quantitative estimate of drug-likeness (QED) is 0.616. The zero-order valence-electron chi connectivity index (χ0n) is 13.9. The third-order valence-corrected chi connectivity index (χ3v) is 4.61. The van der Waals surface area contributed by atoms with Gasteiger partial charge in [-0.3, -0.25) is 4.98 Å². The van der Waals surface area contributed by atoms with Crippen molar-refractivity contribution >= 4 is 27.4 Å². The maximum atomic E-state index is 12.5. The number of amides is 2. The number of hydrogen-bond donors (Lipinski definition) is 4. The highest BCUT2D eigenvalue weighted by molar-refractivity contribution is 7.90. The van der Waals surface area contributed by atoms with E-state index in [1.165, 1.54) is 12.3 Å². The summed E-state index contributed by atoms with van der Waals surface area (Å²) in [5, 5.41) is 14.2. The fourth-order valence-corrected chi connectivity index (χ4v) is 3.07. The van der Waals surface area contributed by atoms with Crippen LogP contribution in [-0.2, 0) is 10.0 Å². The normalized spacial score (nSPS) is 12.3. The van der Waals surface area contributed by atoms with Gasteiger partial charge in [0.05, 0.1) is 18.3 Å². The second-order valence-electron chi connectivity index (χ2n) is 5.53. The van der Waals surface area contributed by atoms with E-state index in [9.17, 15) is 13.2 Å². The Labute approximate surface area is 146 Å². The summed E-state index contributed by atoms with van der Waals surface area (Å²) in [4.78, 5) is 15.4. The Morgan fingerprint density at radius 1 is 1.32 bits per heavy atom. The lowest BCUT2D eigenvalue weighted by Crippen LogP contribution is -2.44. The Kier molecular flexibility index (Phi) is 5.94. The summed E-state index contributed by atoms with van der Waals surface area (Å²) in [7, 11) is -4.14. The van der Waals surface area contributed by atoms with E-state index in [4.69, 9.17) is 5.11 Å². The number of aliphatic hydroxyl groups is 1. The number of anilines is 2. The number of benzene rings is 1. The average Bonchev–Trinajstić information content (AvgIpc) is 2.54. The van der Waals surface area contributed by atoms with E-state index >= 15 is 0 Å². The van der Waals surface area contributed by atoms with Gasteiger partial charge in [0.15, 0.2) is 0 Å². The number of carbonyl (C=O) groups excluding carboxylic acids is 1. The predicted octanol–water partition coefficient (Wildman–Crippen LogP) is 1.50. The molecule has 1 unspecified atom stereocenters. The fourth-order valence-electron chi connectivity index (χ4n) is 2.05. The maximum absolute atomic E-state index is 12.5. The zero-order chi connectivity index (χ0) is 18.4. The van der Waals surface area contributed by atoms with Gasteiger partial charge in [-0.2, -0.15) is 0 Å². The average molecular weight is 364 g/mol. The first-order chi connectivity index (χ1) is 11.8. The molecule has 0 fully saturated rings. The number of urea groups is 1. The molecule has 0 spiro atoms. The number of sulfonamides is 1. The summed E-state index contributed by atoms with van der Waals surface area (Å²) in [6, 6.07) is 7.43. The maximum Gasteiger partial charge on any atom is 0.328 e. The highest BCUT2D eigenvalue weighted by atomic mass is 32.2. The minimum atomic E-state index is -4.14. The van der Waals surface area contributed by atoms with E-state index in [0.717, 1.165) is 11.8 Å². The number of aliphatic hydroxyl groups excluding tert-OH is 1. The van der Waals surface area contributed by atoms with Crippen LogP contribution < -0.4 is 15.4 Å². The van der Waals surface area contributed by atoms with Crippen LogP contribution in [0.3, 0.4) is 0 Å². The van der Waals surface area contributed by atoms with Gasteiger partial charge in [0.1, 0.15) is 4.90 Å². The number of nitrogens with one attached hydrogen (secondary N) is 3. The van der Waals surface area contributed by atoms with E-state index in [1.807, 2.05) is 29.8 Å². The van der Waals surface area contributed by atoms with Gasteiger partial charge in [0.2, 0.25) is 0 Å². The molecule has 0 aliphatic carbocycles. The van der Waals surface area contributed by atoms with Crippen molar-refractivity contribution in [2.45, 2.75) is 24.8 Å². The van der Waals surface area contributed by atoms with Gasteiger partial charge in [-0.15, -0.1) is 0 Å². The summed E-state index contributed by atoms with van der Waals surface area (Å²) in [6.07, 6.45) is 2.61. The Balaban J connectivity index is 2.25. The molecule has 2 aromatic rings. The van der Waals surface area contributed by atoms with Crippen molar-refractivity contribution in [3.8, 4) is 0 Å². The minimum Gasteiger partial charge on any atom is -0.394 e. The summed E-state index contributed by atoms with van der Waals surface area (Å²) in [5.41, 5.74) is 2.01. The molecule has 4 N–H and O–H groups in total. The van der Waals surface area contributed by atoms with Crippen LogP contribution in [0.15, 0.2) is 47.6 Å². The van der Waals surface area contributed by atoms with E-state index in [2.05, 4.69) is 15.6 Å². The molecule has 2 amide bonds. The van der Waals surface area contributed by atoms with Crippen molar-refractivity contribution in [2.75, 3.05) is 11.9 Å². The van der Waals surface area contributed by atoms with Crippen LogP contribution in [0.4, 0.5) is 16.2 Å². The van der Waals surface area contributed by atoms with Crippen molar-refractivity contribution < 1.29 is 18.3 Å². The first-order valence-corrected chi connectivity index (χ1v) is 9.02. The van der Waals surface area contributed by atoms with Crippen molar-refractivity contribution in [1.82, 2.24) is 15.0 Å². The van der Waals surface area contributed by atoms with Crippen LogP contribution in [-0.4, -0.2) is 37.2 Å². The molecule has 0 bridgehead atoms.